The molecule has 1 saturated carbocycles. The Hall–Kier alpha value is -3.20. The molecule has 0 spiro atoms. The van der Waals surface area contributed by atoms with Gasteiger partial charge in [-0.3, -0.25) is 0 Å². The fraction of sp³-hybridized carbons (Fsp3) is 0.310. The maximum Gasteiger partial charge on any atom is 0.271 e. The highest BCUT2D eigenvalue weighted by atomic mass is 19.3. The molecule has 0 amide bonds. The van der Waals surface area contributed by atoms with Crippen LogP contribution in [0.15, 0.2) is 42.5 Å². The molecule has 3 aromatic carbocycles. The van der Waals surface area contributed by atoms with Crippen LogP contribution in [-0.2, 0) is 0 Å². The lowest BCUT2D eigenvalue weighted by Crippen LogP contribution is -2.13. The number of benzene rings is 3. The van der Waals surface area contributed by atoms with Crippen molar-refractivity contribution >= 4 is 16.8 Å². The summed E-state index contributed by atoms with van der Waals surface area (Å²) in [6.45, 7) is 2.18. The van der Waals surface area contributed by atoms with Crippen molar-refractivity contribution in [3.05, 3.63) is 76.9 Å². The molecule has 4 rings (SSSR count). The lowest BCUT2D eigenvalue weighted by Gasteiger charge is -2.25. The summed E-state index contributed by atoms with van der Waals surface area (Å²) in [4.78, 5) is 0. The van der Waals surface area contributed by atoms with E-state index in [4.69, 9.17) is 0 Å². The third kappa shape index (κ3) is 5.56. The summed E-state index contributed by atoms with van der Waals surface area (Å²) in [5.41, 5.74) is -0.927. The van der Waals surface area contributed by atoms with E-state index >= 15 is 0 Å². The second kappa shape index (κ2) is 10.6. The van der Waals surface area contributed by atoms with Gasteiger partial charge in [0, 0.05) is 22.9 Å². The zero-order valence-electron chi connectivity index (χ0n) is 19.2. The molecule has 0 saturated heterocycles. The van der Waals surface area contributed by atoms with Crippen LogP contribution in [0, 0.1) is 46.9 Å². The molecule has 0 aliphatic heterocycles. The predicted molar refractivity (Wildman–Crippen MR) is 127 cm³/mol. The highest BCUT2D eigenvalue weighted by Gasteiger charge is 2.20. The molecular weight excluding hydrogens is 462 g/mol. The van der Waals surface area contributed by atoms with Crippen molar-refractivity contribution in [1.29, 1.82) is 0 Å². The minimum atomic E-state index is -2.24. The molecule has 182 valence electrons. The van der Waals surface area contributed by atoms with Crippen molar-refractivity contribution in [3.63, 3.8) is 0 Å². The first-order valence-corrected chi connectivity index (χ1v) is 11.7. The van der Waals surface area contributed by atoms with E-state index in [0.29, 0.717) is 0 Å². The van der Waals surface area contributed by atoms with Gasteiger partial charge in [0.1, 0.15) is 23.3 Å². The second-order valence-corrected chi connectivity index (χ2v) is 9.05. The zero-order chi connectivity index (χ0) is 25.1. The summed E-state index contributed by atoms with van der Waals surface area (Å²) in [7, 11) is 0. The molecule has 6 heteroatoms. The third-order valence-corrected chi connectivity index (χ3v) is 6.61. The summed E-state index contributed by atoms with van der Waals surface area (Å²) in [6.07, 6.45) is 4.48. The van der Waals surface area contributed by atoms with Gasteiger partial charge in [0.05, 0.1) is 11.1 Å². The van der Waals surface area contributed by atoms with Crippen LogP contribution < -0.4 is 0 Å². The molecule has 3 aromatic rings. The molecule has 1 fully saturated rings. The van der Waals surface area contributed by atoms with Gasteiger partial charge in [-0.15, -0.1) is 0 Å². The van der Waals surface area contributed by atoms with Crippen LogP contribution in [-0.4, -0.2) is 0 Å². The van der Waals surface area contributed by atoms with E-state index in [-0.39, 0.29) is 39.5 Å². The number of hydrogen-bond acceptors (Lipinski definition) is 0. The lowest BCUT2D eigenvalue weighted by atomic mass is 9.80. The van der Waals surface area contributed by atoms with E-state index in [9.17, 15) is 26.3 Å². The Labute approximate surface area is 200 Å². The first-order chi connectivity index (χ1) is 16.8. The van der Waals surface area contributed by atoms with Crippen LogP contribution in [0.3, 0.4) is 0 Å². The van der Waals surface area contributed by atoms with E-state index in [2.05, 4.69) is 18.8 Å². The van der Waals surface area contributed by atoms with Gasteiger partial charge in [0.25, 0.3) is 6.08 Å². The molecule has 1 aliphatic rings. The molecule has 0 atom stereocenters. The Bertz CT molecular complexity index is 1310. The molecule has 1 aliphatic carbocycles. The monoisotopic (exact) mass is 486 g/mol. The highest BCUT2D eigenvalue weighted by molar-refractivity contribution is 5.90. The second-order valence-electron chi connectivity index (χ2n) is 9.05. The highest BCUT2D eigenvalue weighted by Crippen LogP contribution is 2.34. The van der Waals surface area contributed by atoms with Crippen molar-refractivity contribution in [2.24, 2.45) is 11.8 Å². The molecule has 0 N–H and O–H groups in total. The fourth-order valence-electron chi connectivity index (χ4n) is 4.85. The van der Waals surface area contributed by atoms with Crippen LogP contribution in [0.1, 0.15) is 56.6 Å². The Morgan fingerprint density at radius 1 is 0.914 bits per heavy atom. The van der Waals surface area contributed by atoms with Crippen molar-refractivity contribution in [2.45, 2.75) is 45.4 Å². The van der Waals surface area contributed by atoms with Gasteiger partial charge in [-0.05, 0) is 66.8 Å². The van der Waals surface area contributed by atoms with Gasteiger partial charge in [0.15, 0.2) is 0 Å². The average molecular weight is 486 g/mol. The molecule has 0 unspecified atom stereocenters. The Kier molecular flexibility index (Phi) is 7.54. The molecule has 0 radical (unpaired) electrons. The Morgan fingerprint density at radius 3 is 2.23 bits per heavy atom. The van der Waals surface area contributed by atoms with Gasteiger partial charge in [0.2, 0.25) is 0 Å². The number of rotatable bonds is 4. The standard InChI is InChI=1S/C29H24F6/c1-2-3-17-4-6-18(7-5-17)8-9-19-12-25(31)28(26(32)13-19)20-10-11-22-21(14-20)15-24(30)23(29(22)35)16-27(33)34/h10-18H,2-7H2,1H3. The topological polar surface area (TPSA) is 0 Å². The van der Waals surface area contributed by atoms with Gasteiger partial charge in [-0.1, -0.05) is 43.7 Å². The van der Waals surface area contributed by atoms with E-state index < -0.39 is 34.9 Å². The summed E-state index contributed by atoms with van der Waals surface area (Å²) < 4.78 is 83.6. The first kappa shape index (κ1) is 24.9. The lowest BCUT2D eigenvalue weighted by molar-refractivity contribution is 0.300. The van der Waals surface area contributed by atoms with Crippen LogP contribution in [0.25, 0.3) is 28.0 Å². The van der Waals surface area contributed by atoms with E-state index in [1.807, 2.05) is 0 Å². The van der Waals surface area contributed by atoms with Crippen molar-refractivity contribution in [2.75, 3.05) is 0 Å². The van der Waals surface area contributed by atoms with Crippen molar-refractivity contribution in [1.82, 2.24) is 0 Å². The maximum absolute atomic E-state index is 14.9. The number of halogens is 6. The largest absolute Gasteiger partial charge is 0.271 e. The van der Waals surface area contributed by atoms with Gasteiger partial charge < -0.3 is 0 Å². The van der Waals surface area contributed by atoms with E-state index in [1.54, 1.807) is 0 Å². The average Bonchev–Trinajstić information content (AvgIpc) is 2.81. The molecule has 35 heavy (non-hydrogen) atoms. The Morgan fingerprint density at radius 2 is 1.60 bits per heavy atom. The first-order valence-electron chi connectivity index (χ1n) is 11.7. The van der Waals surface area contributed by atoms with Crippen LogP contribution >= 0.6 is 0 Å². The van der Waals surface area contributed by atoms with Gasteiger partial charge >= 0.3 is 0 Å². The predicted octanol–water partition coefficient (Wildman–Crippen LogP) is 9.26. The van der Waals surface area contributed by atoms with E-state index in [0.717, 1.165) is 49.8 Å². The van der Waals surface area contributed by atoms with E-state index in [1.165, 1.54) is 31.0 Å². The summed E-state index contributed by atoms with van der Waals surface area (Å²) in [5.74, 6) is 2.93. The minimum Gasteiger partial charge on any atom is -0.206 e. The molecule has 0 nitrogen and oxygen atoms in total. The van der Waals surface area contributed by atoms with Gasteiger partial charge in [-0.25, -0.2) is 17.6 Å². The van der Waals surface area contributed by atoms with Gasteiger partial charge in [-0.2, -0.15) is 8.78 Å². The summed E-state index contributed by atoms with van der Waals surface area (Å²) in [5, 5.41) is -0.144. The minimum absolute atomic E-state index is 0.00439. The molecular formula is C29H24F6. The molecule has 0 aromatic heterocycles. The normalized spacial score (nSPS) is 17.7. The van der Waals surface area contributed by atoms with Crippen molar-refractivity contribution < 1.29 is 26.3 Å². The third-order valence-electron chi connectivity index (χ3n) is 6.61. The van der Waals surface area contributed by atoms with Crippen molar-refractivity contribution in [3.8, 4) is 23.0 Å². The smallest absolute Gasteiger partial charge is 0.206 e. The number of fused-ring (bicyclic) bond motifs is 1. The fourth-order valence-corrected chi connectivity index (χ4v) is 4.85. The maximum atomic E-state index is 14.9. The number of hydrogen-bond donors (Lipinski definition) is 0. The summed E-state index contributed by atoms with van der Waals surface area (Å²) in [6, 6.07) is 6.84. The Balaban J connectivity index is 1.62. The quantitative estimate of drug-likeness (QED) is 0.255. The zero-order valence-corrected chi connectivity index (χ0v) is 19.2. The van der Waals surface area contributed by atoms with Crippen LogP contribution in [0.4, 0.5) is 26.3 Å². The summed E-state index contributed by atoms with van der Waals surface area (Å²) >= 11 is 0. The molecule has 0 bridgehead atoms. The molecule has 0 heterocycles. The van der Waals surface area contributed by atoms with Crippen LogP contribution in [0.5, 0.6) is 0 Å². The SMILES string of the molecule is CCCC1CCC(C#Cc2cc(F)c(-c3ccc4c(F)c(C=C(F)F)c(F)cc4c3)c(F)c2)CC1. The van der Waals surface area contributed by atoms with Crippen LogP contribution in [0.2, 0.25) is 0 Å².